The highest BCUT2D eigenvalue weighted by Crippen LogP contribution is 2.22. The summed E-state index contributed by atoms with van der Waals surface area (Å²) in [6.07, 6.45) is 6.04. The summed E-state index contributed by atoms with van der Waals surface area (Å²) in [5.74, 6) is -5.70. The number of amides is 6. The first-order valence-electron chi connectivity index (χ1n) is 21.8. The minimum Gasteiger partial charge on any atom is -0.465 e. The number of esters is 1. The molecule has 1 heterocycles. The Hall–Kier alpha value is -4.73. The van der Waals surface area contributed by atoms with Gasteiger partial charge in [-0.15, -0.1) is 0 Å². The van der Waals surface area contributed by atoms with Crippen LogP contribution in [0.5, 0.6) is 0 Å². The lowest BCUT2D eigenvalue weighted by molar-refractivity contribution is -0.158. The molecular weight excluding hydrogens is 773 g/mol. The van der Waals surface area contributed by atoms with Crippen molar-refractivity contribution >= 4 is 41.6 Å². The van der Waals surface area contributed by atoms with E-state index in [2.05, 4.69) is 33.5 Å². The number of carbonyl (C=O) groups excluding carboxylic acids is 6. The van der Waals surface area contributed by atoms with Crippen LogP contribution < -0.4 is 26.6 Å². The van der Waals surface area contributed by atoms with Crippen LogP contribution in [0, 0.1) is 17.8 Å². The van der Waals surface area contributed by atoms with Gasteiger partial charge >= 0.3 is 12.1 Å². The molecule has 0 aliphatic carbocycles. The van der Waals surface area contributed by atoms with E-state index in [1.165, 1.54) is 24.8 Å². The van der Waals surface area contributed by atoms with Crippen LogP contribution in [0.1, 0.15) is 125 Å². The number of carboxylic acid groups (broad SMARTS) is 1. The first-order valence-corrected chi connectivity index (χ1v) is 21.8. The van der Waals surface area contributed by atoms with Gasteiger partial charge < -0.3 is 46.1 Å². The summed E-state index contributed by atoms with van der Waals surface area (Å²) in [5.41, 5.74) is 0.789. The lowest BCUT2D eigenvalue weighted by Gasteiger charge is -2.34. The number of rotatable bonds is 19. The molecule has 1 fully saturated rings. The molecule has 0 saturated carbocycles. The molecular formula is C44H72N6O10. The summed E-state index contributed by atoms with van der Waals surface area (Å²) in [7, 11) is 1.51. The van der Waals surface area contributed by atoms with Crippen molar-refractivity contribution < 1.29 is 48.1 Å². The van der Waals surface area contributed by atoms with E-state index in [-0.39, 0.29) is 18.9 Å². The molecule has 0 spiro atoms. The minimum atomic E-state index is -1.55. The van der Waals surface area contributed by atoms with Gasteiger partial charge in [-0.3, -0.25) is 28.8 Å². The first kappa shape index (κ1) is 51.4. The fourth-order valence-electron chi connectivity index (χ4n) is 7.05. The van der Waals surface area contributed by atoms with Gasteiger partial charge in [-0.25, -0.2) is 4.79 Å². The van der Waals surface area contributed by atoms with Crippen LogP contribution in [0.3, 0.4) is 0 Å². The zero-order valence-corrected chi connectivity index (χ0v) is 37.1. The molecule has 2 rings (SSSR count). The lowest BCUT2D eigenvalue weighted by Crippen LogP contribution is -2.62. The van der Waals surface area contributed by atoms with E-state index in [1.54, 1.807) is 20.8 Å². The van der Waals surface area contributed by atoms with Crippen molar-refractivity contribution in [3.63, 3.8) is 0 Å². The zero-order valence-electron chi connectivity index (χ0n) is 37.1. The molecule has 0 aromatic heterocycles. The molecule has 338 valence electrons. The third-order valence-electron chi connectivity index (χ3n) is 11.1. The molecule has 0 unspecified atom stereocenters. The first-order chi connectivity index (χ1) is 28.5. The molecule has 1 aromatic carbocycles. The number of unbranched alkanes of at least 4 members (excludes halogenated alkanes) is 7. The monoisotopic (exact) mass is 845 g/mol. The summed E-state index contributed by atoms with van der Waals surface area (Å²) in [6.45, 7) is 11.6. The Balaban J connectivity index is 2.58. The van der Waals surface area contributed by atoms with Crippen LogP contribution in [0.2, 0.25) is 0 Å². The molecule has 1 saturated heterocycles. The van der Waals surface area contributed by atoms with Crippen LogP contribution in [0.4, 0.5) is 4.79 Å². The number of nitrogens with zero attached hydrogens (tertiary/aromatic N) is 1. The quantitative estimate of drug-likeness (QED) is 0.0849. The molecule has 0 bridgehead atoms. The third-order valence-corrected chi connectivity index (χ3v) is 11.1. The molecule has 8 atom stereocenters. The van der Waals surface area contributed by atoms with Gasteiger partial charge in [0.05, 0.1) is 25.2 Å². The van der Waals surface area contributed by atoms with E-state index >= 15 is 0 Å². The van der Waals surface area contributed by atoms with Gasteiger partial charge in [0.15, 0.2) is 0 Å². The summed E-state index contributed by atoms with van der Waals surface area (Å²) in [5, 5.41) is 22.1. The average molecular weight is 845 g/mol. The van der Waals surface area contributed by atoms with Crippen molar-refractivity contribution in [3.05, 3.63) is 35.9 Å². The number of likely N-dealkylation sites (N-methyl/N-ethyl adjacent to an activating group) is 1. The maximum atomic E-state index is 14.2. The SMILES string of the molecule is CCCCCCCCCC[C@H]1OC(=O)CNC(=O)[C@H]([C@H](C)OCc2ccccc2)NC(=O)[C@H](CNC(=O)O)NC(=O)[C@H]([C@H](C)CC)NC(=O)[C@H](CC(C)C)N(C)C(=O)[C@@H]1C. The van der Waals surface area contributed by atoms with Gasteiger partial charge in [0.2, 0.25) is 29.5 Å². The predicted octanol–water partition coefficient (Wildman–Crippen LogP) is 4.44. The number of ether oxygens (including phenoxy) is 2. The topological polar surface area (TPSA) is 222 Å². The number of nitrogens with one attached hydrogen (secondary N) is 5. The number of benzene rings is 1. The zero-order chi connectivity index (χ0) is 44.8. The van der Waals surface area contributed by atoms with Crippen LogP contribution in [-0.2, 0) is 44.8 Å². The van der Waals surface area contributed by atoms with Crippen LogP contribution in [-0.4, -0.2) is 108 Å². The van der Waals surface area contributed by atoms with Crippen LogP contribution in [0.25, 0.3) is 0 Å². The molecule has 60 heavy (non-hydrogen) atoms. The Bertz CT molecular complexity index is 1530. The Labute approximate surface area is 356 Å². The fourth-order valence-corrected chi connectivity index (χ4v) is 7.05. The van der Waals surface area contributed by atoms with E-state index < -0.39 is 103 Å². The molecule has 16 nitrogen and oxygen atoms in total. The van der Waals surface area contributed by atoms with Gasteiger partial charge in [-0.1, -0.05) is 123 Å². The molecule has 0 radical (unpaired) electrons. The van der Waals surface area contributed by atoms with Crippen molar-refractivity contribution in [2.45, 2.75) is 162 Å². The van der Waals surface area contributed by atoms with Gasteiger partial charge in [0.1, 0.15) is 36.8 Å². The van der Waals surface area contributed by atoms with E-state index in [4.69, 9.17) is 9.47 Å². The maximum Gasteiger partial charge on any atom is 0.404 e. The molecule has 1 aliphatic heterocycles. The van der Waals surface area contributed by atoms with Crippen molar-refractivity contribution in [2.75, 3.05) is 20.1 Å². The molecule has 6 amide bonds. The van der Waals surface area contributed by atoms with Crippen LogP contribution in [0.15, 0.2) is 30.3 Å². The minimum absolute atomic E-state index is 0.0412. The van der Waals surface area contributed by atoms with Gasteiger partial charge in [0.25, 0.3) is 0 Å². The van der Waals surface area contributed by atoms with E-state index in [0.29, 0.717) is 19.3 Å². The Kier molecular flexibility index (Phi) is 23.3. The van der Waals surface area contributed by atoms with E-state index in [0.717, 1.165) is 37.7 Å². The largest absolute Gasteiger partial charge is 0.465 e. The number of hydrogen-bond donors (Lipinski definition) is 6. The van der Waals surface area contributed by atoms with Crippen molar-refractivity contribution in [1.82, 2.24) is 31.5 Å². The van der Waals surface area contributed by atoms with E-state index in [1.807, 2.05) is 51.1 Å². The summed E-state index contributed by atoms with van der Waals surface area (Å²) in [6, 6.07) is 3.94. The van der Waals surface area contributed by atoms with Crippen LogP contribution >= 0.6 is 0 Å². The van der Waals surface area contributed by atoms with Gasteiger partial charge in [0, 0.05) is 7.05 Å². The number of carbonyl (C=O) groups is 7. The number of cyclic esters (lactones) is 1. The molecule has 6 N–H and O–H groups in total. The normalized spacial score (nSPS) is 23.9. The van der Waals surface area contributed by atoms with Crippen molar-refractivity contribution in [3.8, 4) is 0 Å². The maximum absolute atomic E-state index is 14.2. The second-order valence-corrected chi connectivity index (χ2v) is 16.5. The van der Waals surface area contributed by atoms with Gasteiger partial charge in [-0.05, 0) is 43.6 Å². The fraction of sp³-hybridized carbons (Fsp3) is 0.705. The average Bonchev–Trinajstić information content (AvgIpc) is 3.22. The predicted molar refractivity (Wildman–Crippen MR) is 227 cm³/mol. The summed E-state index contributed by atoms with van der Waals surface area (Å²) >= 11 is 0. The molecule has 16 heteroatoms. The Morgan fingerprint density at radius 3 is 2.07 bits per heavy atom. The van der Waals surface area contributed by atoms with Gasteiger partial charge in [-0.2, -0.15) is 0 Å². The van der Waals surface area contributed by atoms with Crippen molar-refractivity contribution in [1.29, 1.82) is 0 Å². The highest BCUT2D eigenvalue weighted by Gasteiger charge is 2.39. The summed E-state index contributed by atoms with van der Waals surface area (Å²) in [4.78, 5) is 96.6. The molecule has 1 aliphatic rings. The lowest BCUT2D eigenvalue weighted by atomic mass is 9.94. The highest BCUT2D eigenvalue weighted by molar-refractivity contribution is 5.96. The van der Waals surface area contributed by atoms with E-state index in [9.17, 15) is 38.7 Å². The van der Waals surface area contributed by atoms with Crippen molar-refractivity contribution in [2.24, 2.45) is 17.8 Å². The third kappa shape index (κ3) is 17.9. The standard InChI is InChI=1S/C44H72N6O10/c1-9-11-12-13-14-15-16-20-23-35-30(6)43(56)50(8)34(24-28(3)4)40(53)48-37(29(5)10-2)42(55)47-33(25-46-44(57)58)39(52)49-38(41(54)45-26-36(51)60-35)31(7)59-27-32-21-18-17-19-22-32/h17-19,21-22,28-31,33-35,37-38,46H,9-16,20,23-27H2,1-8H3,(H,45,54)(H,47,55)(H,48,53)(H,49,52)(H,57,58)/t29-,30-,31+,33+,34+,35-,37+,38+/m1/s1. The Morgan fingerprint density at radius 1 is 0.850 bits per heavy atom. The second-order valence-electron chi connectivity index (χ2n) is 16.5. The molecule has 1 aromatic rings. The summed E-state index contributed by atoms with van der Waals surface area (Å²) < 4.78 is 11.9. The second kappa shape index (κ2) is 27.2. The highest BCUT2D eigenvalue weighted by atomic mass is 16.5. The Morgan fingerprint density at radius 2 is 1.47 bits per heavy atom. The number of hydrogen-bond acceptors (Lipinski definition) is 9. The smallest absolute Gasteiger partial charge is 0.404 e.